The molecule has 0 aromatic heterocycles. The smallest absolute Gasteiger partial charge is 0.252 e. The molecule has 0 radical (unpaired) electrons. The Hall–Kier alpha value is -5.80. The van der Waals surface area contributed by atoms with Crippen LogP contribution in [0.15, 0.2) is 146 Å². The van der Waals surface area contributed by atoms with Crippen molar-refractivity contribution >= 4 is 57.2 Å². The van der Waals surface area contributed by atoms with Crippen LogP contribution in [0.1, 0.15) is 104 Å². The van der Waals surface area contributed by atoms with Crippen molar-refractivity contribution in [2.24, 2.45) is 0 Å². The molecule has 0 atom stereocenters. The molecular formula is C57H57BN2. The van der Waals surface area contributed by atoms with Crippen LogP contribution in [0.25, 0.3) is 22.3 Å². The summed E-state index contributed by atoms with van der Waals surface area (Å²) in [7, 11) is 0. The van der Waals surface area contributed by atoms with Crippen LogP contribution in [0.3, 0.4) is 0 Å². The molecular weight excluding hydrogens is 723 g/mol. The van der Waals surface area contributed by atoms with Gasteiger partial charge >= 0.3 is 0 Å². The predicted molar refractivity (Wildman–Crippen MR) is 260 cm³/mol. The lowest BCUT2D eigenvalue weighted by atomic mass is 9.33. The van der Waals surface area contributed by atoms with Gasteiger partial charge < -0.3 is 9.80 Å². The topological polar surface area (TPSA) is 6.48 Å². The highest BCUT2D eigenvalue weighted by atomic mass is 15.2. The third-order valence-electron chi connectivity index (χ3n) is 13.7. The zero-order valence-corrected chi connectivity index (χ0v) is 37.3. The third kappa shape index (κ3) is 5.91. The normalized spacial score (nSPS) is 14.9. The van der Waals surface area contributed by atoms with Gasteiger partial charge in [-0.3, -0.25) is 0 Å². The van der Waals surface area contributed by atoms with Crippen LogP contribution in [-0.4, -0.2) is 6.71 Å². The highest BCUT2D eigenvalue weighted by molar-refractivity contribution is 7.00. The fraction of sp³-hybridized carbons (Fsp3) is 0.263. The van der Waals surface area contributed by atoms with E-state index in [1.165, 1.54) is 101 Å². The maximum Gasteiger partial charge on any atom is 0.252 e. The van der Waals surface area contributed by atoms with E-state index in [1.54, 1.807) is 0 Å². The molecule has 10 rings (SSSR count). The number of anilines is 6. The van der Waals surface area contributed by atoms with Crippen molar-refractivity contribution < 1.29 is 0 Å². The average molecular weight is 781 g/mol. The van der Waals surface area contributed by atoms with Gasteiger partial charge in [0, 0.05) is 39.5 Å². The van der Waals surface area contributed by atoms with Crippen LogP contribution < -0.4 is 26.2 Å². The molecule has 3 heteroatoms. The molecule has 0 bridgehead atoms. The van der Waals surface area contributed by atoms with E-state index in [-0.39, 0.29) is 28.4 Å². The summed E-state index contributed by atoms with van der Waals surface area (Å²) in [5, 5.41) is 0. The van der Waals surface area contributed by atoms with Gasteiger partial charge in [0.15, 0.2) is 0 Å². The summed E-state index contributed by atoms with van der Waals surface area (Å²) in [6.45, 7) is 25.8. The van der Waals surface area contributed by atoms with Crippen LogP contribution in [0.5, 0.6) is 0 Å². The van der Waals surface area contributed by atoms with Crippen LogP contribution in [0, 0.1) is 0 Å². The highest BCUT2D eigenvalue weighted by Crippen LogP contribution is 2.52. The lowest BCUT2D eigenvalue weighted by molar-refractivity contribution is 0.589. The van der Waals surface area contributed by atoms with Gasteiger partial charge in [-0.1, -0.05) is 173 Å². The van der Waals surface area contributed by atoms with Crippen molar-refractivity contribution in [3.63, 3.8) is 0 Å². The van der Waals surface area contributed by atoms with E-state index >= 15 is 0 Å². The Morgan fingerprint density at radius 3 is 1.63 bits per heavy atom. The first kappa shape index (κ1) is 38.4. The quantitative estimate of drug-likeness (QED) is 0.165. The molecule has 0 N–H and O–H groups in total. The number of fused-ring (bicyclic) bond motifs is 7. The molecule has 298 valence electrons. The number of hydrogen-bond donors (Lipinski definition) is 0. The summed E-state index contributed by atoms with van der Waals surface area (Å²) >= 11 is 0. The molecule has 2 heterocycles. The molecule has 0 spiro atoms. The average Bonchev–Trinajstić information content (AvgIpc) is 3.44. The number of nitrogens with zero attached hydrogens (tertiary/aromatic N) is 2. The van der Waals surface area contributed by atoms with Crippen molar-refractivity contribution in [1.29, 1.82) is 0 Å². The molecule has 60 heavy (non-hydrogen) atoms. The summed E-state index contributed by atoms with van der Waals surface area (Å²) in [4.78, 5) is 5.19. The second-order valence-corrected chi connectivity index (χ2v) is 21.1. The SMILES string of the molecule is CC(C)(C)c1ccc(N2c3cc(C(C)(C)C)ccc3B3c4cc(-c5ccccc5)ccc4N(c4ccc5c(c4)C(C)(C)c4ccccc4-5)c4cc(C(C)(C)C)cc2c43)cc1. The van der Waals surface area contributed by atoms with Gasteiger partial charge in [0.1, 0.15) is 0 Å². The van der Waals surface area contributed by atoms with Gasteiger partial charge in [-0.05, 0) is 131 Å². The van der Waals surface area contributed by atoms with Crippen LogP contribution in [0.4, 0.5) is 34.1 Å². The van der Waals surface area contributed by atoms with Crippen LogP contribution in [0.2, 0.25) is 0 Å². The minimum atomic E-state index is -0.118. The maximum absolute atomic E-state index is 2.60. The zero-order valence-electron chi connectivity index (χ0n) is 37.3. The van der Waals surface area contributed by atoms with Gasteiger partial charge in [0.25, 0.3) is 6.71 Å². The minimum absolute atomic E-state index is 0.0156. The van der Waals surface area contributed by atoms with Crippen molar-refractivity contribution in [2.45, 2.75) is 97.8 Å². The molecule has 0 saturated carbocycles. The molecule has 2 nitrogen and oxygen atoms in total. The van der Waals surface area contributed by atoms with E-state index in [0.29, 0.717) is 0 Å². The first-order valence-corrected chi connectivity index (χ1v) is 21.9. The van der Waals surface area contributed by atoms with Gasteiger partial charge in [0.2, 0.25) is 0 Å². The Balaban J connectivity index is 1.30. The summed E-state index contributed by atoms with van der Waals surface area (Å²) in [5.74, 6) is 0. The largest absolute Gasteiger partial charge is 0.311 e. The van der Waals surface area contributed by atoms with Crippen molar-refractivity contribution in [3.05, 3.63) is 173 Å². The van der Waals surface area contributed by atoms with Crippen molar-refractivity contribution in [3.8, 4) is 22.3 Å². The summed E-state index contributed by atoms with van der Waals surface area (Å²) in [5.41, 5.74) is 23.2. The first-order chi connectivity index (χ1) is 28.4. The molecule has 0 unspecified atom stereocenters. The van der Waals surface area contributed by atoms with Gasteiger partial charge in [0.05, 0.1) is 0 Å². The van der Waals surface area contributed by atoms with E-state index in [1.807, 2.05) is 0 Å². The zero-order chi connectivity index (χ0) is 42.1. The van der Waals surface area contributed by atoms with Crippen LogP contribution >= 0.6 is 0 Å². The Kier molecular flexibility index (Phi) is 8.39. The van der Waals surface area contributed by atoms with Crippen molar-refractivity contribution in [2.75, 3.05) is 9.80 Å². The highest BCUT2D eigenvalue weighted by Gasteiger charge is 2.45. The molecule has 3 aliphatic rings. The molecule has 0 saturated heterocycles. The standard InChI is InChI=1S/C57H57BN2/c1-54(2,3)38-22-25-41(26-23-38)59-50-32-39(55(4,5)6)24-29-47(50)58-48-31-37(36-17-13-12-14-18-36)21-30-49(48)60(52-34-40(56(7,8)9)33-51(59)53(52)58)42-27-28-44-43-19-15-16-20-45(43)57(10,11)46(44)35-42/h12-35H,1-11H3. The third-order valence-corrected chi connectivity index (χ3v) is 13.7. The van der Waals surface area contributed by atoms with E-state index in [4.69, 9.17) is 0 Å². The van der Waals surface area contributed by atoms with Gasteiger partial charge in [-0.25, -0.2) is 0 Å². The number of hydrogen-bond acceptors (Lipinski definition) is 2. The fourth-order valence-electron chi connectivity index (χ4n) is 10.2. The molecule has 2 aliphatic heterocycles. The number of rotatable bonds is 3. The molecule has 7 aromatic rings. The van der Waals surface area contributed by atoms with E-state index < -0.39 is 0 Å². The Morgan fingerprint density at radius 1 is 0.400 bits per heavy atom. The Morgan fingerprint density at radius 2 is 0.967 bits per heavy atom. The second-order valence-electron chi connectivity index (χ2n) is 21.1. The monoisotopic (exact) mass is 780 g/mol. The van der Waals surface area contributed by atoms with Crippen LogP contribution in [-0.2, 0) is 21.7 Å². The molecule has 0 amide bonds. The van der Waals surface area contributed by atoms with Gasteiger partial charge in [-0.2, -0.15) is 0 Å². The lowest BCUT2D eigenvalue weighted by Crippen LogP contribution is -2.61. The molecule has 0 fully saturated rings. The second kappa shape index (κ2) is 13.1. The fourth-order valence-corrected chi connectivity index (χ4v) is 10.2. The summed E-state index contributed by atoms with van der Waals surface area (Å²) in [6.07, 6.45) is 0. The van der Waals surface area contributed by atoms with Gasteiger partial charge in [-0.15, -0.1) is 0 Å². The maximum atomic E-state index is 2.60. The summed E-state index contributed by atoms with van der Waals surface area (Å²) in [6, 6.07) is 56.1. The number of benzene rings is 7. The lowest BCUT2D eigenvalue weighted by Gasteiger charge is -2.45. The molecule has 7 aromatic carbocycles. The Bertz CT molecular complexity index is 2840. The first-order valence-electron chi connectivity index (χ1n) is 21.9. The van der Waals surface area contributed by atoms with E-state index in [2.05, 4.69) is 232 Å². The molecule has 1 aliphatic carbocycles. The van der Waals surface area contributed by atoms with E-state index in [0.717, 1.165) is 0 Å². The van der Waals surface area contributed by atoms with E-state index in [9.17, 15) is 0 Å². The predicted octanol–water partition coefficient (Wildman–Crippen LogP) is 13.6. The Labute approximate surface area is 359 Å². The van der Waals surface area contributed by atoms with Crippen molar-refractivity contribution in [1.82, 2.24) is 0 Å². The summed E-state index contributed by atoms with van der Waals surface area (Å²) < 4.78 is 0. The minimum Gasteiger partial charge on any atom is -0.311 e.